The molecule has 2 rings (SSSR count). The fraction of sp³-hybridized carbons (Fsp3) is 0.526. The minimum Gasteiger partial charge on any atom is -0.464 e. The van der Waals surface area contributed by atoms with E-state index in [4.69, 9.17) is 4.42 Å². The molecule has 1 aromatic carbocycles. The van der Waals surface area contributed by atoms with E-state index in [-0.39, 0.29) is 11.3 Å². The molecular formula is C19H28N2O2. The molecule has 0 radical (unpaired) electrons. The molecule has 1 aromatic heterocycles. The van der Waals surface area contributed by atoms with Crippen LogP contribution in [-0.4, -0.2) is 38.0 Å². The van der Waals surface area contributed by atoms with Gasteiger partial charge in [0.1, 0.15) is 5.58 Å². The van der Waals surface area contributed by atoms with Crippen LogP contribution in [0.1, 0.15) is 30.5 Å². The largest absolute Gasteiger partial charge is 0.464 e. The molecule has 1 N–H and O–H groups in total. The van der Waals surface area contributed by atoms with E-state index in [1.807, 2.05) is 20.2 Å². The average molecular weight is 316 g/mol. The third kappa shape index (κ3) is 4.58. The Morgan fingerprint density at radius 2 is 1.87 bits per heavy atom. The Morgan fingerprint density at radius 3 is 2.52 bits per heavy atom. The molecule has 0 atom stereocenters. The van der Waals surface area contributed by atoms with Gasteiger partial charge in [-0.2, -0.15) is 0 Å². The van der Waals surface area contributed by atoms with Crippen LogP contribution < -0.4 is 5.32 Å². The number of hydrogen-bond donors (Lipinski definition) is 1. The number of carbonyl (C=O) groups is 1. The lowest BCUT2D eigenvalue weighted by Crippen LogP contribution is -2.40. The summed E-state index contributed by atoms with van der Waals surface area (Å²) in [6.07, 6.45) is 2.06. The van der Waals surface area contributed by atoms with E-state index < -0.39 is 0 Å². The number of carbonyl (C=O) groups excluding carboxylic acids is 1. The molecule has 0 aliphatic carbocycles. The predicted molar refractivity (Wildman–Crippen MR) is 94.7 cm³/mol. The highest BCUT2D eigenvalue weighted by molar-refractivity contribution is 5.88. The van der Waals surface area contributed by atoms with Gasteiger partial charge in [-0.15, -0.1) is 0 Å². The molecule has 1 amide bonds. The van der Waals surface area contributed by atoms with Gasteiger partial charge in [0.25, 0.3) is 0 Å². The molecular weight excluding hydrogens is 288 g/mol. The first-order chi connectivity index (χ1) is 10.7. The van der Waals surface area contributed by atoms with Gasteiger partial charge in [-0.1, -0.05) is 13.8 Å². The summed E-state index contributed by atoms with van der Waals surface area (Å²) in [6.45, 7) is 10.1. The van der Waals surface area contributed by atoms with E-state index in [1.54, 1.807) is 6.26 Å². The number of aryl methyl sites for hydroxylation is 2. The number of fused-ring (bicyclic) bond motifs is 1. The first-order valence-electron chi connectivity index (χ1n) is 8.07. The van der Waals surface area contributed by atoms with E-state index in [0.29, 0.717) is 13.0 Å². The maximum atomic E-state index is 12.3. The molecule has 23 heavy (non-hydrogen) atoms. The predicted octanol–water partition coefficient (Wildman–Crippen LogP) is 3.30. The first kappa shape index (κ1) is 17.5. The van der Waals surface area contributed by atoms with Gasteiger partial charge in [0.2, 0.25) is 5.91 Å². The highest BCUT2D eigenvalue weighted by atomic mass is 16.3. The van der Waals surface area contributed by atoms with E-state index in [9.17, 15) is 4.79 Å². The van der Waals surface area contributed by atoms with Crippen molar-refractivity contribution in [2.45, 2.75) is 34.1 Å². The molecule has 0 spiro atoms. The molecule has 4 heteroatoms. The van der Waals surface area contributed by atoms with E-state index in [0.717, 1.165) is 23.1 Å². The molecule has 0 aliphatic heterocycles. The number of nitrogens with zero attached hydrogens (tertiary/aromatic N) is 1. The molecule has 0 saturated carbocycles. The second-order valence-corrected chi connectivity index (χ2v) is 7.55. The second kappa shape index (κ2) is 6.75. The SMILES string of the molecule is Cc1cc2occ(CC(=O)NCC(C)(C)CN(C)C)c2cc1C. The van der Waals surface area contributed by atoms with Crippen LogP contribution in [0.3, 0.4) is 0 Å². The van der Waals surface area contributed by atoms with Crippen molar-refractivity contribution in [1.82, 2.24) is 10.2 Å². The van der Waals surface area contributed by atoms with Crippen LogP contribution in [0.4, 0.5) is 0 Å². The van der Waals surface area contributed by atoms with Gasteiger partial charge in [0, 0.05) is 24.0 Å². The second-order valence-electron chi connectivity index (χ2n) is 7.55. The first-order valence-corrected chi connectivity index (χ1v) is 8.07. The quantitative estimate of drug-likeness (QED) is 0.889. The molecule has 0 fully saturated rings. The Hall–Kier alpha value is -1.81. The van der Waals surface area contributed by atoms with Crippen LogP contribution in [0, 0.1) is 19.3 Å². The standard InChI is InChI=1S/C19H28N2O2/c1-13-7-16-15(10-23-17(16)8-14(13)2)9-18(22)20-11-19(3,4)12-21(5)6/h7-8,10H,9,11-12H2,1-6H3,(H,20,22). The van der Waals surface area contributed by atoms with Crippen molar-refractivity contribution in [1.29, 1.82) is 0 Å². The fourth-order valence-corrected chi connectivity index (χ4v) is 2.96. The molecule has 0 bridgehead atoms. The zero-order chi connectivity index (χ0) is 17.2. The van der Waals surface area contributed by atoms with Crippen molar-refractivity contribution >= 4 is 16.9 Å². The van der Waals surface area contributed by atoms with Crippen molar-refractivity contribution in [3.05, 3.63) is 35.1 Å². The number of nitrogens with one attached hydrogen (secondary N) is 1. The summed E-state index contributed by atoms with van der Waals surface area (Å²) in [5, 5.41) is 4.09. The van der Waals surface area contributed by atoms with Crippen molar-refractivity contribution in [2.24, 2.45) is 5.41 Å². The fourth-order valence-electron chi connectivity index (χ4n) is 2.96. The van der Waals surface area contributed by atoms with Crippen LogP contribution in [0.2, 0.25) is 0 Å². The third-order valence-corrected chi connectivity index (χ3v) is 4.13. The summed E-state index contributed by atoms with van der Waals surface area (Å²) in [7, 11) is 4.09. The summed E-state index contributed by atoms with van der Waals surface area (Å²) < 4.78 is 5.60. The van der Waals surface area contributed by atoms with Gasteiger partial charge in [-0.05, 0) is 56.6 Å². The average Bonchev–Trinajstić information content (AvgIpc) is 2.78. The van der Waals surface area contributed by atoms with Gasteiger partial charge in [-0.25, -0.2) is 0 Å². The minimum atomic E-state index is 0.0396. The zero-order valence-corrected chi connectivity index (χ0v) is 15.1. The Bertz CT molecular complexity index is 699. The summed E-state index contributed by atoms with van der Waals surface area (Å²) in [5.74, 6) is 0.0396. The van der Waals surface area contributed by atoms with Crippen LogP contribution in [0.25, 0.3) is 11.0 Å². The van der Waals surface area contributed by atoms with E-state index in [2.05, 4.69) is 44.0 Å². The molecule has 126 valence electrons. The summed E-state index contributed by atoms with van der Waals surface area (Å²) in [6, 6.07) is 4.14. The lowest BCUT2D eigenvalue weighted by molar-refractivity contribution is -0.120. The topological polar surface area (TPSA) is 45.5 Å². The van der Waals surface area contributed by atoms with Gasteiger partial charge in [-0.3, -0.25) is 4.79 Å². The van der Waals surface area contributed by atoms with Crippen molar-refractivity contribution < 1.29 is 9.21 Å². The number of amides is 1. The lowest BCUT2D eigenvalue weighted by Gasteiger charge is -2.28. The maximum Gasteiger partial charge on any atom is 0.224 e. The van der Waals surface area contributed by atoms with Crippen LogP contribution in [0.5, 0.6) is 0 Å². The van der Waals surface area contributed by atoms with Crippen molar-refractivity contribution in [3.63, 3.8) is 0 Å². The minimum absolute atomic E-state index is 0.0396. The molecule has 1 heterocycles. The number of furan rings is 1. The molecule has 0 saturated heterocycles. The molecule has 0 unspecified atom stereocenters. The third-order valence-electron chi connectivity index (χ3n) is 4.13. The van der Waals surface area contributed by atoms with Crippen molar-refractivity contribution in [3.8, 4) is 0 Å². The van der Waals surface area contributed by atoms with Gasteiger partial charge >= 0.3 is 0 Å². The van der Waals surface area contributed by atoms with Gasteiger partial charge in [0.15, 0.2) is 0 Å². The Morgan fingerprint density at radius 1 is 1.22 bits per heavy atom. The zero-order valence-electron chi connectivity index (χ0n) is 15.1. The summed E-state index contributed by atoms with van der Waals surface area (Å²) in [4.78, 5) is 14.4. The molecule has 4 nitrogen and oxygen atoms in total. The smallest absolute Gasteiger partial charge is 0.224 e. The van der Waals surface area contributed by atoms with Crippen LogP contribution in [0.15, 0.2) is 22.8 Å². The molecule has 2 aromatic rings. The lowest BCUT2D eigenvalue weighted by atomic mass is 9.93. The number of rotatable bonds is 6. The monoisotopic (exact) mass is 316 g/mol. The normalized spacial score (nSPS) is 12.1. The molecule has 0 aliphatic rings. The van der Waals surface area contributed by atoms with Gasteiger partial charge < -0.3 is 14.6 Å². The highest BCUT2D eigenvalue weighted by Gasteiger charge is 2.20. The Labute approximate surface area is 138 Å². The van der Waals surface area contributed by atoms with E-state index in [1.165, 1.54) is 11.1 Å². The number of hydrogen-bond acceptors (Lipinski definition) is 3. The van der Waals surface area contributed by atoms with Gasteiger partial charge in [0.05, 0.1) is 12.7 Å². The Kier molecular flexibility index (Phi) is 5.15. The Balaban J connectivity index is 2.02. The van der Waals surface area contributed by atoms with Crippen molar-refractivity contribution in [2.75, 3.05) is 27.2 Å². The van der Waals surface area contributed by atoms with Crippen LogP contribution in [-0.2, 0) is 11.2 Å². The maximum absolute atomic E-state index is 12.3. The van der Waals surface area contributed by atoms with Crippen LogP contribution >= 0.6 is 0 Å². The number of benzene rings is 1. The highest BCUT2D eigenvalue weighted by Crippen LogP contribution is 2.25. The summed E-state index contributed by atoms with van der Waals surface area (Å²) >= 11 is 0. The summed E-state index contributed by atoms with van der Waals surface area (Å²) in [5.41, 5.74) is 4.27. The van der Waals surface area contributed by atoms with E-state index >= 15 is 0 Å².